The summed E-state index contributed by atoms with van der Waals surface area (Å²) in [6.07, 6.45) is 2.42. The highest BCUT2D eigenvalue weighted by atomic mass is 79.9. The first-order chi connectivity index (χ1) is 6.67. The zero-order chi connectivity index (χ0) is 10.6. The average molecular weight is 276 g/mol. The highest BCUT2D eigenvalue weighted by molar-refractivity contribution is 9.10. The van der Waals surface area contributed by atoms with Crippen molar-refractivity contribution in [2.24, 2.45) is 0 Å². The Balaban J connectivity index is 2.45. The molecule has 0 spiro atoms. The first kappa shape index (κ1) is 12.2. The van der Waals surface area contributed by atoms with Gasteiger partial charge in [-0.3, -0.25) is 0 Å². The number of rotatable bonds is 5. The van der Waals surface area contributed by atoms with Gasteiger partial charge in [-0.15, -0.1) is 11.3 Å². The monoisotopic (exact) mass is 275 g/mol. The summed E-state index contributed by atoms with van der Waals surface area (Å²) in [6, 6.07) is 2.88. The Hall–Kier alpha value is 0.140. The third kappa shape index (κ3) is 3.37. The maximum atomic E-state index is 3.57. The molecule has 0 saturated heterocycles. The Morgan fingerprint density at radius 3 is 2.50 bits per heavy atom. The summed E-state index contributed by atoms with van der Waals surface area (Å²) < 4.78 is 1.24. The largest absolute Gasteiger partial charge is 0.309 e. The first-order valence-electron chi connectivity index (χ1n) is 5.15. The molecule has 0 unspecified atom stereocenters. The Morgan fingerprint density at radius 2 is 2.07 bits per heavy atom. The molecule has 0 bridgehead atoms. The van der Waals surface area contributed by atoms with Gasteiger partial charge in [-0.25, -0.2) is 0 Å². The van der Waals surface area contributed by atoms with E-state index in [0.717, 1.165) is 6.54 Å². The van der Waals surface area contributed by atoms with Crippen LogP contribution >= 0.6 is 27.3 Å². The minimum absolute atomic E-state index is 0.663. The molecule has 14 heavy (non-hydrogen) atoms. The van der Waals surface area contributed by atoms with Crippen LogP contribution in [0.2, 0.25) is 0 Å². The SMILES string of the molecule is CCC(CC)NCc1cc(Br)c(C)s1. The Kier molecular flexibility index (Phi) is 5.13. The van der Waals surface area contributed by atoms with Gasteiger partial charge < -0.3 is 5.32 Å². The standard InChI is InChI=1S/C11H18BrNS/c1-4-9(5-2)13-7-10-6-11(12)8(3)14-10/h6,9,13H,4-5,7H2,1-3H3. The molecule has 0 atom stereocenters. The van der Waals surface area contributed by atoms with E-state index < -0.39 is 0 Å². The summed E-state index contributed by atoms with van der Waals surface area (Å²) in [7, 11) is 0. The van der Waals surface area contributed by atoms with Crippen LogP contribution in [0, 0.1) is 6.92 Å². The topological polar surface area (TPSA) is 12.0 Å². The molecule has 0 aromatic carbocycles. The van der Waals surface area contributed by atoms with Crippen LogP contribution in [0.1, 0.15) is 36.4 Å². The number of hydrogen-bond donors (Lipinski definition) is 1. The molecule has 1 heterocycles. The summed E-state index contributed by atoms with van der Waals surface area (Å²) in [5, 5.41) is 3.57. The smallest absolute Gasteiger partial charge is 0.0314 e. The fourth-order valence-corrected chi connectivity index (χ4v) is 2.98. The number of aryl methyl sites for hydroxylation is 1. The van der Waals surface area contributed by atoms with E-state index in [1.54, 1.807) is 0 Å². The lowest BCUT2D eigenvalue weighted by Crippen LogP contribution is -2.26. The minimum atomic E-state index is 0.663. The van der Waals surface area contributed by atoms with Crippen LogP contribution in [-0.2, 0) is 6.54 Å². The molecular formula is C11H18BrNS. The second-order valence-electron chi connectivity index (χ2n) is 3.51. The van der Waals surface area contributed by atoms with Gasteiger partial charge in [0.15, 0.2) is 0 Å². The highest BCUT2D eigenvalue weighted by Crippen LogP contribution is 2.26. The average Bonchev–Trinajstić information content (AvgIpc) is 2.48. The van der Waals surface area contributed by atoms with Gasteiger partial charge in [0.25, 0.3) is 0 Å². The lowest BCUT2D eigenvalue weighted by atomic mass is 10.2. The molecule has 80 valence electrons. The molecule has 1 rings (SSSR count). The van der Waals surface area contributed by atoms with E-state index in [9.17, 15) is 0 Å². The summed E-state index contributed by atoms with van der Waals surface area (Å²) in [5.41, 5.74) is 0. The van der Waals surface area contributed by atoms with E-state index in [1.165, 1.54) is 27.1 Å². The van der Waals surface area contributed by atoms with Gasteiger partial charge in [0.05, 0.1) is 0 Å². The fraction of sp³-hybridized carbons (Fsp3) is 0.636. The van der Waals surface area contributed by atoms with Crippen molar-refractivity contribution in [1.82, 2.24) is 5.32 Å². The molecule has 0 aliphatic rings. The third-order valence-corrected chi connectivity index (χ3v) is 4.60. The van der Waals surface area contributed by atoms with Gasteiger partial charge >= 0.3 is 0 Å². The van der Waals surface area contributed by atoms with Gasteiger partial charge in [-0.05, 0) is 41.8 Å². The van der Waals surface area contributed by atoms with E-state index in [1.807, 2.05) is 11.3 Å². The van der Waals surface area contributed by atoms with Gasteiger partial charge in [0.1, 0.15) is 0 Å². The van der Waals surface area contributed by atoms with Crippen LogP contribution in [0.3, 0.4) is 0 Å². The summed E-state index contributed by atoms with van der Waals surface area (Å²) in [4.78, 5) is 2.78. The second kappa shape index (κ2) is 5.89. The second-order valence-corrected chi connectivity index (χ2v) is 5.71. The Morgan fingerprint density at radius 1 is 1.43 bits per heavy atom. The number of nitrogens with one attached hydrogen (secondary N) is 1. The number of thiophene rings is 1. The highest BCUT2D eigenvalue weighted by Gasteiger charge is 2.05. The van der Waals surface area contributed by atoms with Crippen LogP contribution < -0.4 is 5.32 Å². The fourth-order valence-electron chi connectivity index (χ4n) is 1.43. The third-order valence-electron chi connectivity index (χ3n) is 2.46. The molecule has 0 aliphatic heterocycles. The quantitative estimate of drug-likeness (QED) is 0.853. The van der Waals surface area contributed by atoms with E-state index in [4.69, 9.17) is 0 Å². The van der Waals surface area contributed by atoms with Gasteiger partial charge in [-0.1, -0.05) is 13.8 Å². The first-order valence-corrected chi connectivity index (χ1v) is 6.76. The van der Waals surface area contributed by atoms with Crippen molar-refractivity contribution in [3.8, 4) is 0 Å². The Bertz CT molecular complexity index is 259. The zero-order valence-corrected chi connectivity index (χ0v) is 11.5. The number of hydrogen-bond acceptors (Lipinski definition) is 2. The van der Waals surface area contributed by atoms with Crippen LogP contribution in [-0.4, -0.2) is 6.04 Å². The van der Waals surface area contributed by atoms with Crippen molar-refractivity contribution < 1.29 is 0 Å². The van der Waals surface area contributed by atoms with Gasteiger partial charge in [0.2, 0.25) is 0 Å². The number of halogens is 1. The molecule has 0 amide bonds. The predicted octanol–water partition coefficient (Wildman–Crippen LogP) is 4.10. The molecule has 1 nitrogen and oxygen atoms in total. The minimum Gasteiger partial charge on any atom is -0.309 e. The maximum absolute atomic E-state index is 3.57. The summed E-state index contributed by atoms with van der Waals surface area (Å²) >= 11 is 5.41. The van der Waals surface area contributed by atoms with Crippen molar-refractivity contribution in [3.05, 3.63) is 20.3 Å². The van der Waals surface area contributed by atoms with E-state index in [2.05, 4.69) is 48.1 Å². The van der Waals surface area contributed by atoms with E-state index in [0.29, 0.717) is 6.04 Å². The summed E-state index contributed by atoms with van der Waals surface area (Å²) in [5.74, 6) is 0. The molecule has 1 N–H and O–H groups in total. The van der Waals surface area contributed by atoms with Crippen LogP contribution in [0.4, 0.5) is 0 Å². The van der Waals surface area contributed by atoms with E-state index in [-0.39, 0.29) is 0 Å². The van der Waals surface area contributed by atoms with Crippen LogP contribution in [0.15, 0.2) is 10.5 Å². The van der Waals surface area contributed by atoms with Gasteiger partial charge in [0, 0.05) is 26.8 Å². The molecule has 0 fully saturated rings. The maximum Gasteiger partial charge on any atom is 0.0314 e. The van der Waals surface area contributed by atoms with Crippen molar-refractivity contribution in [2.75, 3.05) is 0 Å². The molecular weight excluding hydrogens is 258 g/mol. The van der Waals surface area contributed by atoms with E-state index >= 15 is 0 Å². The predicted molar refractivity (Wildman–Crippen MR) is 68.0 cm³/mol. The molecule has 1 aromatic heterocycles. The van der Waals surface area contributed by atoms with Crippen LogP contribution in [0.25, 0.3) is 0 Å². The molecule has 0 saturated carbocycles. The summed E-state index contributed by atoms with van der Waals surface area (Å²) in [6.45, 7) is 7.62. The normalized spacial score (nSPS) is 11.2. The molecule has 1 aromatic rings. The molecule has 3 heteroatoms. The van der Waals surface area contributed by atoms with Gasteiger partial charge in [-0.2, -0.15) is 0 Å². The van der Waals surface area contributed by atoms with Crippen LogP contribution in [0.5, 0.6) is 0 Å². The Labute approximate surface area is 99.0 Å². The molecule has 0 aliphatic carbocycles. The van der Waals surface area contributed by atoms with Crippen molar-refractivity contribution in [2.45, 2.75) is 46.2 Å². The van der Waals surface area contributed by atoms with Crippen molar-refractivity contribution >= 4 is 27.3 Å². The van der Waals surface area contributed by atoms with Crippen molar-refractivity contribution in [3.63, 3.8) is 0 Å². The lowest BCUT2D eigenvalue weighted by molar-refractivity contribution is 0.486. The van der Waals surface area contributed by atoms with Crippen molar-refractivity contribution in [1.29, 1.82) is 0 Å². The lowest BCUT2D eigenvalue weighted by Gasteiger charge is -2.13. The molecule has 0 radical (unpaired) electrons. The zero-order valence-electron chi connectivity index (χ0n) is 9.06.